The van der Waals surface area contributed by atoms with Gasteiger partial charge in [0, 0.05) is 25.7 Å². The van der Waals surface area contributed by atoms with Gasteiger partial charge in [0.2, 0.25) is 0 Å². The van der Waals surface area contributed by atoms with Gasteiger partial charge in [-0.05, 0) is 23.5 Å². The van der Waals surface area contributed by atoms with Gasteiger partial charge in [-0.2, -0.15) is 0 Å². The first-order chi connectivity index (χ1) is 10.5. The normalized spacial score (nSPS) is 17.4. The molecule has 0 saturated carbocycles. The molecule has 5 nitrogen and oxygen atoms in total. The number of hydrogen-bond donors (Lipinski definition) is 1. The van der Waals surface area contributed by atoms with Crippen molar-refractivity contribution >= 4 is 17.6 Å². The third-order valence-corrected chi connectivity index (χ3v) is 3.56. The number of ether oxygens (including phenoxy) is 2. The summed E-state index contributed by atoms with van der Waals surface area (Å²) in [6.07, 6.45) is 1.36. The van der Waals surface area contributed by atoms with Crippen LogP contribution in [0.2, 0.25) is 0 Å². The monoisotopic (exact) mass is 317 g/mol. The van der Waals surface area contributed by atoms with Crippen molar-refractivity contribution in [3.63, 3.8) is 0 Å². The zero-order chi connectivity index (χ0) is 17.4. The lowest BCUT2D eigenvalue weighted by Crippen LogP contribution is -2.42. The predicted molar refractivity (Wildman–Crippen MR) is 87.8 cm³/mol. The van der Waals surface area contributed by atoms with Crippen LogP contribution in [0.5, 0.6) is 0 Å². The molecule has 0 radical (unpaired) electrons. The highest BCUT2D eigenvalue weighted by atomic mass is 16.7. The van der Waals surface area contributed by atoms with Crippen LogP contribution in [0.1, 0.15) is 45.7 Å². The highest BCUT2D eigenvalue weighted by Gasteiger charge is 2.39. The molecule has 1 aromatic carbocycles. The molecule has 0 aliphatic carbocycles. The van der Waals surface area contributed by atoms with Crippen LogP contribution in [0.15, 0.2) is 30.0 Å². The molecule has 0 atom stereocenters. The van der Waals surface area contributed by atoms with Gasteiger partial charge >= 0.3 is 11.9 Å². The first-order valence-electron chi connectivity index (χ1n) is 7.55. The minimum Gasteiger partial charge on any atom is -0.419 e. The molecule has 5 heteroatoms. The smallest absolute Gasteiger partial charge is 0.350 e. The van der Waals surface area contributed by atoms with E-state index >= 15 is 0 Å². The van der Waals surface area contributed by atoms with Crippen LogP contribution in [0.25, 0.3) is 0 Å². The molecule has 0 amide bonds. The quantitative estimate of drug-likeness (QED) is 0.514. The Morgan fingerprint density at radius 1 is 1.09 bits per heavy atom. The van der Waals surface area contributed by atoms with Gasteiger partial charge in [0.25, 0.3) is 5.79 Å². The number of aryl methyl sites for hydroxylation is 1. The number of rotatable bonds is 2. The van der Waals surface area contributed by atoms with Crippen LogP contribution in [0.4, 0.5) is 5.69 Å². The number of benzene rings is 1. The van der Waals surface area contributed by atoms with E-state index in [0.29, 0.717) is 0 Å². The number of hydrogen-bond acceptors (Lipinski definition) is 5. The molecule has 0 bridgehead atoms. The van der Waals surface area contributed by atoms with Crippen molar-refractivity contribution in [3.8, 4) is 0 Å². The van der Waals surface area contributed by atoms with Gasteiger partial charge in [-0.1, -0.05) is 39.0 Å². The summed E-state index contributed by atoms with van der Waals surface area (Å²) < 4.78 is 10.2. The molecule has 23 heavy (non-hydrogen) atoms. The van der Waals surface area contributed by atoms with Crippen LogP contribution in [0, 0.1) is 6.92 Å². The second kappa shape index (κ2) is 5.72. The van der Waals surface area contributed by atoms with E-state index in [0.717, 1.165) is 16.8 Å². The Kier molecular flexibility index (Phi) is 4.24. The fraction of sp³-hybridized carbons (Fsp3) is 0.444. The number of para-hydroxylation sites is 1. The van der Waals surface area contributed by atoms with E-state index in [1.807, 2.05) is 25.1 Å². The molecule has 1 aliphatic rings. The lowest BCUT2D eigenvalue weighted by molar-refractivity contribution is -0.222. The molecular formula is C18H23NO4. The van der Waals surface area contributed by atoms with Crippen LogP contribution in [0.3, 0.4) is 0 Å². The number of anilines is 1. The molecule has 0 spiro atoms. The summed E-state index contributed by atoms with van der Waals surface area (Å²) in [6.45, 7) is 11.3. The molecule has 2 rings (SSSR count). The van der Waals surface area contributed by atoms with Crippen LogP contribution in [-0.4, -0.2) is 17.7 Å². The van der Waals surface area contributed by atoms with Crippen LogP contribution in [-0.2, 0) is 24.5 Å². The molecule has 1 N–H and O–H groups in total. The highest BCUT2D eigenvalue weighted by Crippen LogP contribution is 2.32. The molecule has 1 aliphatic heterocycles. The predicted octanol–water partition coefficient (Wildman–Crippen LogP) is 3.42. The van der Waals surface area contributed by atoms with Gasteiger partial charge in [0.05, 0.1) is 0 Å². The minimum absolute atomic E-state index is 0.0809. The summed E-state index contributed by atoms with van der Waals surface area (Å²) in [5.41, 5.74) is 2.76. The number of carbonyl (C=O) groups excluding carboxylic acids is 2. The third-order valence-electron chi connectivity index (χ3n) is 3.56. The van der Waals surface area contributed by atoms with E-state index in [-0.39, 0.29) is 11.0 Å². The first-order valence-corrected chi connectivity index (χ1v) is 7.55. The molecule has 124 valence electrons. The van der Waals surface area contributed by atoms with E-state index in [9.17, 15) is 9.59 Å². The van der Waals surface area contributed by atoms with Gasteiger partial charge in [0.1, 0.15) is 0 Å². The second-order valence-corrected chi connectivity index (χ2v) is 7.13. The summed E-state index contributed by atoms with van der Waals surface area (Å²) in [5, 5.41) is 3.08. The SMILES string of the molecule is Cc1cccc(C(C)(C)C)c1NC=C1C(=O)OC(C)(C)OC1=O. The second-order valence-electron chi connectivity index (χ2n) is 7.13. The Balaban J connectivity index is 2.34. The molecular weight excluding hydrogens is 294 g/mol. The maximum absolute atomic E-state index is 12.0. The Hall–Kier alpha value is -2.30. The maximum atomic E-state index is 12.0. The van der Waals surface area contributed by atoms with Crippen LogP contribution >= 0.6 is 0 Å². The molecule has 1 fully saturated rings. The maximum Gasteiger partial charge on any atom is 0.350 e. The van der Waals surface area contributed by atoms with E-state index in [1.165, 1.54) is 20.0 Å². The summed E-state index contributed by atoms with van der Waals surface area (Å²) in [4.78, 5) is 24.0. The Morgan fingerprint density at radius 2 is 1.65 bits per heavy atom. The van der Waals surface area contributed by atoms with Gasteiger partial charge in [-0.25, -0.2) is 9.59 Å². The van der Waals surface area contributed by atoms with E-state index < -0.39 is 17.7 Å². The topological polar surface area (TPSA) is 64.6 Å². The zero-order valence-corrected chi connectivity index (χ0v) is 14.4. The molecule has 1 heterocycles. The average molecular weight is 317 g/mol. The standard InChI is InChI=1S/C18H23NO4/c1-11-8-7-9-13(17(2,3)4)14(11)19-10-12-15(20)22-18(5,6)23-16(12)21/h7-10,19H,1-6H3. The number of carbonyl (C=O) groups is 2. The van der Waals surface area contributed by atoms with Crippen molar-refractivity contribution in [1.82, 2.24) is 0 Å². The van der Waals surface area contributed by atoms with Crippen molar-refractivity contribution in [2.45, 2.75) is 52.7 Å². The molecule has 0 aromatic heterocycles. The number of cyclic esters (lactones) is 2. The Bertz CT molecular complexity index is 659. The van der Waals surface area contributed by atoms with Gasteiger partial charge in [-0.3, -0.25) is 0 Å². The van der Waals surface area contributed by atoms with Crippen molar-refractivity contribution in [2.24, 2.45) is 0 Å². The lowest BCUT2D eigenvalue weighted by Gasteiger charge is -2.30. The highest BCUT2D eigenvalue weighted by molar-refractivity contribution is 6.15. The number of nitrogens with one attached hydrogen (secondary N) is 1. The van der Waals surface area contributed by atoms with Crippen molar-refractivity contribution in [3.05, 3.63) is 41.1 Å². The molecule has 1 aromatic rings. The summed E-state index contributed by atoms with van der Waals surface area (Å²) in [6, 6.07) is 5.98. The Morgan fingerprint density at radius 3 is 2.17 bits per heavy atom. The largest absolute Gasteiger partial charge is 0.419 e. The summed E-state index contributed by atoms with van der Waals surface area (Å²) in [7, 11) is 0. The third kappa shape index (κ3) is 3.73. The number of esters is 2. The first kappa shape index (κ1) is 17.1. The van der Waals surface area contributed by atoms with Gasteiger partial charge in [-0.15, -0.1) is 0 Å². The van der Waals surface area contributed by atoms with E-state index in [2.05, 4.69) is 26.1 Å². The van der Waals surface area contributed by atoms with Crippen molar-refractivity contribution in [2.75, 3.05) is 5.32 Å². The fourth-order valence-electron chi connectivity index (χ4n) is 2.41. The zero-order valence-electron chi connectivity index (χ0n) is 14.4. The Labute approximate surface area is 136 Å². The fourth-order valence-corrected chi connectivity index (χ4v) is 2.41. The molecule has 1 saturated heterocycles. The van der Waals surface area contributed by atoms with Crippen molar-refractivity contribution in [1.29, 1.82) is 0 Å². The minimum atomic E-state index is -1.23. The lowest BCUT2D eigenvalue weighted by atomic mass is 9.84. The average Bonchev–Trinajstić information content (AvgIpc) is 2.36. The summed E-state index contributed by atoms with van der Waals surface area (Å²) >= 11 is 0. The van der Waals surface area contributed by atoms with Gasteiger partial charge in [0.15, 0.2) is 5.57 Å². The van der Waals surface area contributed by atoms with Crippen molar-refractivity contribution < 1.29 is 19.1 Å². The van der Waals surface area contributed by atoms with Gasteiger partial charge < -0.3 is 14.8 Å². The molecule has 0 unspecified atom stereocenters. The van der Waals surface area contributed by atoms with E-state index in [1.54, 1.807) is 0 Å². The van der Waals surface area contributed by atoms with E-state index in [4.69, 9.17) is 9.47 Å². The summed E-state index contributed by atoms with van der Waals surface area (Å²) in [5.74, 6) is -2.61. The van der Waals surface area contributed by atoms with Crippen LogP contribution < -0.4 is 5.32 Å².